The van der Waals surface area contributed by atoms with Gasteiger partial charge in [0.25, 0.3) is 0 Å². The van der Waals surface area contributed by atoms with Crippen LogP contribution in [0.4, 0.5) is 10.6 Å². The molecule has 2 amide bonds. The molecular weight excluding hydrogens is 354 g/mol. The predicted octanol–water partition coefficient (Wildman–Crippen LogP) is 3.45. The smallest absolute Gasteiger partial charge is 0.320 e. The molecule has 3 aromatic rings. The van der Waals surface area contributed by atoms with E-state index in [1.54, 1.807) is 0 Å². The maximum absolute atomic E-state index is 12.6. The number of nitrogens with zero attached hydrogens (tertiary/aromatic N) is 3. The maximum Gasteiger partial charge on any atom is 0.320 e. The molecule has 0 spiro atoms. The van der Waals surface area contributed by atoms with Gasteiger partial charge in [0.2, 0.25) is 0 Å². The molecule has 144 valence electrons. The first-order valence-electron chi connectivity index (χ1n) is 9.79. The average Bonchev–Trinajstić information content (AvgIpc) is 3.35. The molecule has 7 nitrogen and oxygen atoms in total. The summed E-state index contributed by atoms with van der Waals surface area (Å²) in [5.74, 6) is 1.37. The first kappa shape index (κ1) is 17.2. The van der Waals surface area contributed by atoms with Crippen molar-refractivity contribution in [2.45, 2.75) is 31.8 Å². The van der Waals surface area contributed by atoms with Gasteiger partial charge in [0.05, 0.1) is 36.7 Å². The van der Waals surface area contributed by atoms with Gasteiger partial charge < -0.3 is 10.1 Å². The van der Waals surface area contributed by atoms with E-state index < -0.39 is 0 Å². The lowest BCUT2D eigenvalue weighted by Crippen LogP contribution is -2.35. The van der Waals surface area contributed by atoms with Gasteiger partial charge in [0.15, 0.2) is 0 Å². The Balaban J connectivity index is 1.51. The number of hydrogen-bond donors (Lipinski definition) is 2. The fourth-order valence-corrected chi connectivity index (χ4v) is 4.03. The summed E-state index contributed by atoms with van der Waals surface area (Å²) in [5.41, 5.74) is 3.11. The lowest BCUT2D eigenvalue weighted by molar-refractivity contribution is 0.104. The lowest BCUT2D eigenvalue weighted by atomic mass is 10.1. The summed E-state index contributed by atoms with van der Waals surface area (Å²) in [4.78, 5) is 17.4. The van der Waals surface area contributed by atoms with E-state index >= 15 is 0 Å². The van der Waals surface area contributed by atoms with Crippen molar-refractivity contribution in [1.29, 1.82) is 0 Å². The molecule has 28 heavy (non-hydrogen) atoms. The Morgan fingerprint density at radius 1 is 1.25 bits per heavy atom. The molecule has 3 atom stereocenters. The highest BCUT2D eigenvalue weighted by Crippen LogP contribution is 2.49. The van der Waals surface area contributed by atoms with Crippen molar-refractivity contribution in [3.63, 3.8) is 0 Å². The highest BCUT2D eigenvalue weighted by Gasteiger charge is 2.42. The zero-order chi connectivity index (χ0) is 19.1. The number of anilines is 1. The second-order valence-corrected chi connectivity index (χ2v) is 7.49. The van der Waals surface area contributed by atoms with Crippen molar-refractivity contribution < 1.29 is 9.53 Å². The number of amides is 2. The third-order valence-electron chi connectivity index (χ3n) is 5.58. The number of benzene rings is 1. The summed E-state index contributed by atoms with van der Waals surface area (Å²) in [6, 6.07) is 11.3. The van der Waals surface area contributed by atoms with E-state index in [0.717, 1.165) is 35.1 Å². The van der Waals surface area contributed by atoms with Crippen molar-refractivity contribution in [3.05, 3.63) is 53.9 Å². The topological polar surface area (TPSA) is 81.1 Å². The first-order valence-corrected chi connectivity index (χ1v) is 9.79. The minimum atomic E-state index is -0.286. The molecule has 0 radical (unpaired) electrons. The Kier molecular flexibility index (Phi) is 4.24. The molecule has 1 aromatic carbocycles. The number of aromatic nitrogens is 3. The van der Waals surface area contributed by atoms with Crippen LogP contribution < -0.4 is 10.6 Å². The summed E-state index contributed by atoms with van der Waals surface area (Å²) in [5, 5.41) is 11.4. The van der Waals surface area contributed by atoms with E-state index in [1.165, 1.54) is 0 Å². The van der Waals surface area contributed by atoms with Crippen LogP contribution in [-0.4, -0.2) is 34.0 Å². The van der Waals surface area contributed by atoms with E-state index in [-0.39, 0.29) is 12.1 Å². The summed E-state index contributed by atoms with van der Waals surface area (Å²) in [6.07, 6.45) is 2.90. The summed E-state index contributed by atoms with van der Waals surface area (Å²) >= 11 is 0. The molecular formula is C21H23N5O2. The predicted molar refractivity (Wildman–Crippen MR) is 106 cm³/mol. The van der Waals surface area contributed by atoms with Crippen LogP contribution in [-0.2, 0) is 11.3 Å². The molecule has 1 aliphatic carbocycles. The Morgan fingerprint density at radius 2 is 2.11 bits per heavy atom. The van der Waals surface area contributed by atoms with Gasteiger partial charge in [-0.15, -0.1) is 0 Å². The van der Waals surface area contributed by atoms with Crippen LogP contribution in [0.2, 0.25) is 0 Å². The van der Waals surface area contributed by atoms with Crippen LogP contribution in [0.25, 0.3) is 10.9 Å². The third-order valence-corrected chi connectivity index (χ3v) is 5.58. The van der Waals surface area contributed by atoms with Gasteiger partial charge >= 0.3 is 6.03 Å². The van der Waals surface area contributed by atoms with Crippen LogP contribution >= 0.6 is 0 Å². The number of rotatable bonds is 2. The SMILES string of the molecule is CCn1ncc2cc3nc(c21)[C@H]1C[C@H]1COC[C@H](c1ccccc1)NC(=O)N3. The van der Waals surface area contributed by atoms with Crippen molar-refractivity contribution in [2.75, 3.05) is 18.5 Å². The molecule has 2 bridgehead atoms. The van der Waals surface area contributed by atoms with Crippen LogP contribution in [0.1, 0.15) is 36.6 Å². The number of urea groups is 1. The summed E-state index contributed by atoms with van der Waals surface area (Å²) < 4.78 is 7.99. The van der Waals surface area contributed by atoms with E-state index in [9.17, 15) is 4.79 Å². The molecule has 7 heteroatoms. The molecule has 2 aromatic heterocycles. The number of hydrogen-bond acceptors (Lipinski definition) is 4. The molecule has 3 heterocycles. The van der Waals surface area contributed by atoms with Gasteiger partial charge in [-0.3, -0.25) is 10.00 Å². The quantitative estimate of drug-likeness (QED) is 0.717. The second-order valence-electron chi connectivity index (χ2n) is 7.49. The van der Waals surface area contributed by atoms with Crippen LogP contribution in [0.5, 0.6) is 0 Å². The Morgan fingerprint density at radius 3 is 2.93 bits per heavy atom. The van der Waals surface area contributed by atoms with Gasteiger partial charge in [-0.25, -0.2) is 9.78 Å². The minimum absolute atomic E-state index is 0.205. The van der Waals surface area contributed by atoms with Gasteiger partial charge in [-0.1, -0.05) is 30.3 Å². The number of aryl methyl sites for hydroxylation is 1. The zero-order valence-electron chi connectivity index (χ0n) is 15.8. The van der Waals surface area contributed by atoms with Gasteiger partial charge in [0, 0.05) is 17.8 Å². The maximum atomic E-state index is 12.6. The molecule has 1 aliphatic heterocycles. The van der Waals surface area contributed by atoms with E-state index in [2.05, 4.69) is 22.7 Å². The molecule has 1 fully saturated rings. The van der Waals surface area contributed by atoms with Gasteiger partial charge in [-0.05, 0) is 30.9 Å². The van der Waals surface area contributed by atoms with Crippen molar-refractivity contribution in [2.24, 2.45) is 5.92 Å². The minimum Gasteiger partial charge on any atom is -0.379 e. The Bertz CT molecular complexity index is 1020. The number of fused-ring (bicyclic) bond motifs is 6. The number of pyridine rings is 1. The van der Waals surface area contributed by atoms with Crippen molar-refractivity contribution in [3.8, 4) is 0 Å². The first-order chi connectivity index (χ1) is 13.7. The summed E-state index contributed by atoms with van der Waals surface area (Å²) in [6.45, 7) is 3.98. The van der Waals surface area contributed by atoms with Crippen LogP contribution in [0, 0.1) is 5.92 Å². The lowest BCUT2D eigenvalue weighted by Gasteiger charge is -2.20. The monoisotopic (exact) mass is 377 g/mol. The second kappa shape index (κ2) is 6.91. The molecule has 0 saturated heterocycles. The molecule has 2 aliphatic rings. The van der Waals surface area contributed by atoms with Gasteiger partial charge in [-0.2, -0.15) is 5.10 Å². The molecule has 1 saturated carbocycles. The molecule has 5 rings (SSSR count). The number of ether oxygens (including phenoxy) is 1. The normalized spacial score (nSPS) is 24.5. The summed E-state index contributed by atoms with van der Waals surface area (Å²) in [7, 11) is 0. The van der Waals surface area contributed by atoms with E-state index in [1.807, 2.05) is 47.3 Å². The highest BCUT2D eigenvalue weighted by atomic mass is 16.5. The molecule has 0 unspecified atom stereocenters. The largest absolute Gasteiger partial charge is 0.379 e. The highest BCUT2D eigenvalue weighted by molar-refractivity contribution is 5.92. The number of nitrogens with one attached hydrogen (secondary N) is 2. The fraction of sp³-hybridized carbons (Fsp3) is 0.381. The fourth-order valence-electron chi connectivity index (χ4n) is 4.03. The van der Waals surface area contributed by atoms with Crippen molar-refractivity contribution in [1.82, 2.24) is 20.1 Å². The zero-order valence-corrected chi connectivity index (χ0v) is 15.8. The van der Waals surface area contributed by atoms with Gasteiger partial charge in [0.1, 0.15) is 5.82 Å². The molecule has 2 N–H and O–H groups in total. The van der Waals surface area contributed by atoms with Crippen LogP contribution in [0.15, 0.2) is 42.6 Å². The van der Waals surface area contributed by atoms with E-state index in [0.29, 0.717) is 30.9 Å². The third kappa shape index (κ3) is 3.11. The Hall–Kier alpha value is -2.93. The van der Waals surface area contributed by atoms with Crippen LogP contribution in [0.3, 0.4) is 0 Å². The Labute approximate surface area is 163 Å². The average molecular weight is 377 g/mol. The number of carbonyl (C=O) groups is 1. The standard InChI is InChI=1S/C21H23N5O2/c1-2-26-20-14(10-22-26)9-18-24-19(20)16-8-15(16)11-28-12-17(23-21(27)25-18)13-6-4-3-5-7-13/h3-7,9-10,15-17H,2,8,11-12H2,1H3,(H2,23,24,25,27)/t15-,16-,17+/m0/s1. The number of carbonyl (C=O) groups excluding carboxylic acids is 1. The van der Waals surface area contributed by atoms with E-state index in [4.69, 9.17) is 9.72 Å². The van der Waals surface area contributed by atoms with Crippen molar-refractivity contribution >= 4 is 22.8 Å².